The third-order valence-corrected chi connectivity index (χ3v) is 2.93. The van der Waals surface area contributed by atoms with Gasteiger partial charge in [-0.1, -0.05) is 12.1 Å². The van der Waals surface area contributed by atoms with E-state index in [0.29, 0.717) is 5.75 Å². The molecule has 6 nitrogen and oxygen atoms in total. The first-order valence-electron chi connectivity index (χ1n) is 7.50. The van der Waals surface area contributed by atoms with E-state index in [9.17, 15) is 9.59 Å². The zero-order valence-electron chi connectivity index (χ0n) is 14.4. The van der Waals surface area contributed by atoms with E-state index in [1.807, 2.05) is 26.0 Å². The smallest absolute Gasteiger partial charge is 0.407 e. The molecular formula is C17H25NO5. The molecule has 0 aliphatic rings. The molecule has 0 atom stereocenters. The Balaban J connectivity index is 2.23. The molecule has 0 aliphatic carbocycles. The lowest BCUT2D eigenvalue weighted by Gasteiger charge is -2.19. The molecule has 1 rings (SSSR count). The summed E-state index contributed by atoms with van der Waals surface area (Å²) in [6, 6.07) is 5.65. The number of rotatable bonds is 6. The van der Waals surface area contributed by atoms with Crippen molar-refractivity contribution < 1.29 is 23.8 Å². The maximum atomic E-state index is 11.6. The van der Waals surface area contributed by atoms with Gasteiger partial charge in [-0.05, 0) is 51.8 Å². The van der Waals surface area contributed by atoms with Gasteiger partial charge in [-0.15, -0.1) is 0 Å². The minimum Gasteiger partial charge on any atom is -0.482 e. The van der Waals surface area contributed by atoms with Crippen LogP contribution in [0.1, 0.15) is 31.9 Å². The Labute approximate surface area is 137 Å². The fourth-order valence-corrected chi connectivity index (χ4v) is 1.69. The second-order valence-electron chi connectivity index (χ2n) is 6.14. The predicted molar refractivity (Wildman–Crippen MR) is 86.6 cm³/mol. The average molecular weight is 323 g/mol. The number of carbonyl (C=O) groups excluding carboxylic acids is 2. The molecule has 1 aromatic carbocycles. The molecule has 0 spiro atoms. The number of nitrogens with one attached hydrogen (secondary N) is 1. The summed E-state index contributed by atoms with van der Waals surface area (Å²) in [5.74, 6) is 0.172. The summed E-state index contributed by atoms with van der Waals surface area (Å²) in [5, 5.41) is 2.51. The lowest BCUT2D eigenvalue weighted by molar-refractivity contribution is -0.145. The molecular weight excluding hydrogens is 298 g/mol. The second-order valence-corrected chi connectivity index (χ2v) is 6.14. The molecule has 1 N–H and O–H groups in total. The quantitative estimate of drug-likeness (QED) is 0.643. The maximum Gasteiger partial charge on any atom is 0.407 e. The second kappa shape index (κ2) is 8.41. The molecule has 0 fully saturated rings. The molecule has 0 saturated heterocycles. The highest BCUT2D eigenvalue weighted by Crippen LogP contribution is 2.20. The van der Waals surface area contributed by atoms with E-state index in [1.54, 1.807) is 26.8 Å². The number of amides is 1. The van der Waals surface area contributed by atoms with Gasteiger partial charge in [0.25, 0.3) is 0 Å². The van der Waals surface area contributed by atoms with Crippen LogP contribution in [0.4, 0.5) is 4.79 Å². The molecule has 128 valence electrons. The summed E-state index contributed by atoms with van der Waals surface area (Å²) in [6.45, 7) is 9.31. The minimum absolute atomic E-state index is 0.0637. The number of hydrogen-bond acceptors (Lipinski definition) is 5. The van der Waals surface area contributed by atoms with E-state index in [-0.39, 0.29) is 19.8 Å². The van der Waals surface area contributed by atoms with Crippen molar-refractivity contribution in [3.05, 3.63) is 29.3 Å². The van der Waals surface area contributed by atoms with Gasteiger partial charge in [0.05, 0.1) is 6.54 Å². The van der Waals surface area contributed by atoms with Crippen molar-refractivity contribution in [1.82, 2.24) is 5.32 Å². The molecule has 0 radical (unpaired) electrons. The summed E-state index contributed by atoms with van der Waals surface area (Å²) < 4.78 is 15.5. The first-order chi connectivity index (χ1) is 10.7. The van der Waals surface area contributed by atoms with Crippen molar-refractivity contribution in [2.45, 2.75) is 40.2 Å². The van der Waals surface area contributed by atoms with Gasteiger partial charge < -0.3 is 19.5 Å². The normalized spacial score (nSPS) is 10.8. The van der Waals surface area contributed by atoms with Crippen LogP contribution >= 0.6 is 0 Å². The monoisotopic (exact) mass is 323 g/mol. The summed E-state index contributed by atoms with van der Waals surface area (Å²) >= 11 is 0. The molecule has 0 aromatic heterocycles. The minimum atomic E-state index is -0.555. The van der Waals surface area contributed by atoms with Gasteiger partial charge in [0.2, 0.25) is 0 Å². The van der Waals surface area contributed by atoms with E-state index in [4.69, 9.17) is 14.2 Å². The van der Waals surface area contributed by atoms with Crippen LogP contribution in [0.25, 0.3) is 0 Å². The van der Waals surface area contributed by atoms with Gasteiger partial charge >= 0.3 is 12.1 Å². The Morgan fingerprint density at radius 2 is 1.87 bits per heavy atom. The molecule has 1 aromatic rings. The third kappa shape index (κ3) is 7.54. The van der Waals surface area contributed by atoms with Gasteiger partial charge in [-0.3, -0.25) is 0 Å². The number of ether oxygens (including phenoxy) is 3. The molecule has 0 unspecified atom stereocenters. The molecule has 0 bridgehead atoms. The summed E-state index contributed by atoms with van der Waals surface area (Å²) in [7, 11) is 0. The van der Waals surface area contributed by atoms with Crippen LogP contribution in [-0.4, -0.2) is 37.4 Å². The highest BCUT2D eigenvalue weighted by Gasteiger charge is 2.15. The first-order valence-corrected chi connectivity index (χ1v) is 7.50. The van der Waals surface area contributed by atoms with Crippen LogP contribution in [0.5, 0.6) is 5.75 Å². The Bertz CT molecular complexity index is 548. The lowest BCUT2D eigenvalue weighted by atomic mass is 10.1. The van der Waals surface area contributed by atoms with Crippen LogP contribution in [0.15, 0.2) is 18.2 Å². The van der Waals surface area contributed by atoms with E-state index in [1.165, 1.54) is 0 Å². The molecule has 6 heteroatoms. The lowest BCUT2D eigenvalue weighted by Crippen LogP contribution is -2.34. The summed E-state index contributed by atoms with van der Waals surface area (Å²) in [4.78, 5) is 23.0. The van der Waals surface area contributed by atoms with Gasteiger partial charge in [-0.2, -0.15) is 0 Å². The number of aryl methyl sites for hydroxylation is 1. The van der Waals surface area contributed by atoms with Crippen LogP contribution in [0, 0.1) is 13.8 Å². The highest BCUT2D eigenvalue weighted by atomic mass is 16.6. The SMILES string of the molecule is Cc1cccc(OCC(=O)OCCNC(=O)OC(C)(C)C)c1C. The average Bonchev–Trinajstić information content (AvgIpc) is 2.43. The number of esters is 1. The van der Waals surface area contributed by atoms with Crippen molar-refractivity contribution >= 4 is 12.1 Å². The Morgan fingerprint density at radius 3 is 2.52 bits per heavy atom. The molecule has 1 amide bonds. The van der Waals surface area contributed by atoms with Crippen LogP contribution < -0.4 is 10.1 Å². The highest BCUT2D eigenvalue weighted by molar-refractivity contribution is 5.71. The van der Waals surface area contributed by atoms with E-state index in [2.05, 4.69) is 5.32 Å². The largest absolute Gasteiger partial charge is 0.482 e. The van der Waals surface area contributed by atoms with E-state index in [0.717, 1.165) is 11.1 Å². The molecule has 0 aliphatic heterocycles. The van der Waals surface area contributed by atoms with E-state index >= 15 is 0 Å². The fourth-order valence-electron chi connectivity index (χ4n) is 1.69. The van der Waals surface area contributed by atoms with Crippen molar-refractivity contribution in [2.24, 2.45) is 0 Å². The number of alkyl carbamates (subject to hydrolysis) is 1. The Morgan fingerprint density at radius 1 is 1.17 bits per heavy atom. The number of carbonyl (C=O) groups is 2. The number of benzene rings is 1. The molecule has 23 heavy (non-hydrogen) atoms. The van der Waals surface area contributed by atoms with Crippen molar-refractivity contribution in [2.75, 3.05) is 19.8 Å². The van der Waals surface area contributed by atoms with Crippen molar-refractivity contribution in [3.8, 4) is 5.75 Å². The van der Waals surface area contributed by atoms with E-state index < -0.39 is 17.7 Å². The molecule has 0 heterocycles. The van der Waals surface area contributed by atoms with Crippen molar-refractivity contribution in [3.63, 3.8) is 0 Å². The van der Waals surface area contributed by atoms with Crippen molar-refractivity contribution in [1.29, 1.82) is 0 Å². The standard InChI is InChI=1S/C17H25NO5/c1-12-7-6-8-14(13(12)2)22-11-15(19)21-10-9-18-16(20)23-17(3,4)5/h6-8H,9-11H2,1-5H3,(H,18,20). The summed E-state index contributed by atoms with van der Waals surface area (Å²) in [5.41, 5.74) is 1.53. The Kier molecular flexibility index (Phi) is 6.88. The maximum absolute atomic E-state index is 11.6. The van der Waals surface area contributed by atoms with Gasteiger partial charge in [0, 0.05) is 0 Å². The van der Waals surface area contributed by atoms with Gasteiger partial charge in [-0.25, -0.2) is 9.59 Å². The van der Waals surface area contributed by atoms with Crippen LogP contribution in [0.3, 0.4) is 0 Å². The zero-order chi connectivity index (χ0) is 17.5. The Hall–Kier alpha value is -2.24. The number of hydrogen-bond donors (Lipinski definition) is 1. The predicted octanol–water partition coefficient (Wildman–Crippen LogP) is 2.75. The van der Waals surface area contributed by atoms with Crippen LogP contribution in [-0.2, 0) is 14.3 Å². The first kappa shape index (κ1) is 18.8. The zero-order valence-corrected chi connectivity index (χ0v) is 14.4. The van der Waals surface area contributed by atoms with Crippen LogP contribution in [0.2, 0.25) is 0 Å². The third-order valence-electron chi connectivity index (χ3n) is 2.93. The van der Waals surface area contributed by atoms with Gasteiger partial charge in [0.1, 0.15) is 18.0 Å². The summed E-state index contributed by atoms with van der Waals surface area (Å²) in [6.07, 6.45) is -0.541. The fraction of sp³-hybridized carbons (Fsp3) is 0.529. The molecule has 0 saturated carbocycles. The topological polar surface area (TPSA) is 73.9 Å². The van der Waals surface area contributed by atoms with Gasteiger partial charge in [0.15, 0.2) is 6.61 Å².